The predicted octanol–water partition coefficient (Wildman–Crippen LogP) is 4.49. The summed E-state index contributed by atoms with van der Waals surface area (Å²) in [6.07, 6.45) is 3.39. The Morgan fingerprint density at radius 2 is 2.09 bits per heavy atom. The summed E-state index contributed by atoms with van der Waals surface area (Å²) in [5.41, 5.74) is 1.77. The minimum absolute atomic E-state index is 0.158. The van der Waals surface area contributed by atoms with Crippen molar-refractivity contribution in [2.75, 3.05) is 0 Å². The number of H-pyrrole nitrogens is 1. The van der Waals surface area contributed by atoms with Gasteiger partial charge < -0.3 is 9.88 Å². The highest BCUT2D eigenvalue weighted by Crippen LogP contribution is 2.29. The number of amides is 1. The Kier molecular flexibility index (Phi) is 4.87. The van der Waals surface area contributed by atoms with Crippen LogP contribution < -0.4 is 0 Å². The quantitative estimate of drug-likeness (QED) is 0.829. The van der Waals surface area contributed by atoms with E-state index >= 15 is 0 Å². The maximum Gasteiger partial charge on any atom is 0.236 e. The van der Waals surface area contributed by atoms with Gasteiger partial charge in [-0.25, -0.2) is 4.98 Å². The average molecular weight is 352 g/mol. The maximum atomic E-state index is 12.8. The third kappa shape index (κ3) is 3.50. The topological polar surface area (TPSA) is 49.0 Å². The zero-order chi connectivity index (χ0) is 16.6. The van der Waals surface area contributed by atoms with Crippen molar-refractivity contribution in [3.63, 3.8) is 0 Å². The highest BCUT2D eigenvalue weighted by Gasteiger charge is 2.32. The Labute approximate surface area is 146 Å². The van der Waals surface area contributed by atoms with Gasteiger partial charge in [0.15, 0.2) is 5.16 Å². The van der Waals surface area contributed by atoms with Crippen LogP contribution in [0.5, 0.6) is 0 Å². The minimum atomic E-state index is -0.158. The molecule has 1 N–H and O–H groups in total. The van der Waals surface area contributed by atoms with Gasteiger partial charge in [-0.15, -0.1) is 0 Å². The number of rotatable bonds is 3. The number of hydrogen-bond donors (Lipinski definition) is 1. The van der Waals surface area contributed by atoms with Crippen LogP contribution >= 0.6 is 23.4 Å². The lowest BCUT2D eigenvalue weighted by atomic mass is 9.97. The van der Waals surface area contributed by atoms with E-state index in [1.807, 2.05) is 25.1 Å². The van der Waals surface area contributed by atoms with E-state index in [0.29, 0.717) is 17.1 Å². The third-order valence-electron chi connectivity index (χ3n) is 4.51. The molecule has 0 spiro atoms. The molecule has 0 bridgehead atoms. The summed E-state index contributed by atoms with van der Waals surface area (Å²) in [5, 5.41) is 1.28. The Hall–Kier alpha value is -1.20. The van der Waals surface area contributed by atoms with E-state index in [9.17, 15) is 4.79 Å². The first kappa shape index (κ1) is 16.7. The number of piperidine rings is 1. The molecule has 0 aliphatic carbocycles. The summed E-state index contributed by atoms with van der Waals surface area (Å²) in [4.78, 5) is 22.7. The number of carbonyl (C=O) groups is 1. The number of likely N-dealkylation sites (tertiary alicyclic amines) is 1. The van der Waals surface area contributed by atoms with Crippen molar-refractivity contribution in [1.29, 1.82) is 0 Å². The van der Waals surface area contributed by atoms with E-state index in [1.165, 1.54) is 18.2 Å². The summed E-state index contributed by atoms with van der Waals surface area (Å²) in [6.45, 7) is 6.25. The van der Waals surface area contributed by atoms with Crippen LogP contribution in [0.4, 0.5) is 0 Å². The predicted molar refractivity (Wildman–Crippen MR) is 96.0 cm³/mol. The van der Waals surface area contributed by atoms with Crippen LogP contribution in [0, 0.1) is 0 Å². The summed E-state index contributed by atoms with van der Waals surface area (Å²) in [7, 11) is 0. The molecular formula is C17H22ClN3OS. The smallest absolute Gasteiger partial charge is 0.236 e. The van der Waals surface area contributed by atoms with E-state index in [4.69, 9.17) is 11.6 Å². The van der Waals surface area contributed by atoms with Crippen LogP contribution in [-0.2, 0) is 4.79 Å². The average Bonchev–Trinajstić information content (AvgIpc) is 2.88. The van der Waals surface area contributed by atoms with Gasteiger partial charge in [-0.2, -0.15) is 0 Å². The normalized spacial score (nSPS) is 23.2. The number of carbonyl (C=O) groups excluding carboxylic acids is 1. The molecule has 0 saturated carbocycles. The summed E-state index contributed by atoms with van der Waals surface area (Å²) >= 11 is 7.48. The number of hydrogen-bond acceptors (Lipinski definition) is 3. The largest absolute Gasteiger partial charge is 0.336 e. The Morgan fingerprint density at radius 1 is 1.39 bits per heavy atom. The maximum absolute atomic E-state index is 12.8. The van der Waals surface area contributed by atoms with Gasteiger partial charge in [0, 0.05) is 17.1 Å². The molecule has 6 heteroatoms. The molecule has 1 aliphatic heterocycles. The number of benzene rings is 1. The highest BCUT2D eigenvalue weighted by molar-refractivity contribution is 8.00. The highest BCUT2D eigenvalue weighted by atomic mass is 35.5. The second-order valence-corrected chi connectivity index (χ2v) is 8.10. The van der Waals surface area contributed by atoms with E-state index < -0.39 is 0 Å². The summed E-state index contributed by atoms with van der Waals surface area (Å²) in [5.74, 6) is 0.202. The third-order valence-corrected chi connectivity index (χ3v) is 5.71. The molecule has 124 valence electrons. The van der Waals surface area contributed by atoms with Crippen LogP contribution in [0.15, 0.2) is 23.4 Å². The number of halogens is 1. The Morgan fingerprint density at radius 3 is 2.78 bits per heavy atom. The molecule has 1 aromatic carbocycles. The van der Waals surface area contributed by atoms with E-state index in [-0.39, 0.29) is 11.2 Å². The lowest BCUT2D eigenvalue weighted by Gasteiger charge is -2.40. The molecule has 1 aromatic heterocycles. The van der Waals surface area contributed by atoms with Crippen molar-refractivity contribution in [2.24, 2.45) is 0 Å². The zero-order valence-corrected chi connectivity index (χ0v) is 15.2. The number of nitrogens with one attached hydrogen (secondary N) is 1. The van der Waals surface area contributed by atoms with Gasteiger partial charge in [0.2, 0.25) is 5.91 Å². The summed E-state index contributed by atoms with van der Waals surface area (Å²) < 4.78 is 0. The number of aromatic nitrogens is 2. The first-order valence-corrected chi connectivity index (χ1v) is 9.35. The van der Waals surface area contributed by atoms with Crippen molar-refractivity contribution in [3.8, 4) is 0 Å². The molecule has 3 atom stereocenters. The van der Waals surface area contributed by atoms with Crippen molar-refractivity contribution >= 4 is 40.3 Å². The fourth-order valence-corrected chi connectivity index (χ4v) is 4.35. The molecule has 3 rings (SSSR count). The SMILES string of the molecule is C[C@@H]1CCC[C@@H](C)N1C(=O)[C@@H](C)Sc1nc2ccc(Cl)cc2[nH]1. The van der Waals surface area contributed by atoms with Gasteiger partial charge in [0.1, 0.15) is 0 Å². The zero-order valence-electron chi connectivity index (χ0n) is 13.7. The van der Waals surface area contributed by atoms with Gasteiger partial charge in [-0.1, -0.05) is 23.4 Å². The monoisotopic (exact) mass is 351 g/mol. The molecule has 1 saturated heterocycles. The Bertz CT molecular complexity index is 707. The van der Waals surface area contributed by atoms with Gasteiger partial charge in [-0.05, 0) is 58.2 Å². The van der Waals surface area contributed by atoms with E-state index in [0.717, 1.165) is 29.0 Å². The number of imidazole rings is 1. The van der Waals surface area contributed by atoms with Crippen molar-refractivity contribution < 1.29 is 4.79 Å². The molecule has 0 radical (unpaired) electrons. The van der Waals surface area contributed by atoms with Crippen molar-refractivity contribution in [3.05, 3.63) is 23.2 Å². The first-order chi connectivity index (χ1) is 11.0. The first-order valence-electron chi connectivity index (χ1n) is 8.10. The van der Waals surface area contributed by atoms with Gasteiger partial charge in [0.25, 0.3) is 0 Å². The lowest BCUT2D eigenvalue weighted by molar-refractivity contribution is -0.136. The number of aromatic amines is 1. The van der Waals surface area contributed by atoms with Crippen molar-refractivity contribution in [2.45, 2.75) is 62.5 Å². The number of nitrogens with zero attached hydrogens (tertiary/aromatic N) is 2. The molecule has 1 amide bonds. The molecule has 2 heterocycles. The van der Waals surface area contributed by atoms with Gasteiger partial charge in [-0.3, -0.25) is 4.79 Å². The molecule has 2 aromatic rings. The van der Waals surface area contributed by atoms with Crippen LogP contribution in [0.2, 0.25) is 5.02 Å². The molecule has 0 unspecified atom stereocenters. The van der Waals surface area contributed by atoms with Gasteiger partial charge >= 0.3 is 0 Å². The number of fused-ring (bicyclic) bond motifs is 1. The molecule has 1 fully saturated rings. The van der Waals surface area contributed by atoms with E-state index in [1.54, 1.807) is 0 Å². The van der Waals surface area contributed by atoms with Crippen molar-refractivity contribution in [1.82, 2.24) is 14.9 Å². The van der Waals surface area contributed by atoms with E-state index in [2.05, 4.69) is 28.7 Å². The molecule has 1 aliphatic rings. The number of thioether (sulfide) groups is 1. The van der Waals surface area contributed by atoms with Gasteiger partial charge in [0.05, 0.1) is 16.3 Å². The van der Waals surface area contributed by atoms with Crippen LogP contribution in [-0.4, -0.2) is 38.1 Å². The molecule has 23 heavy (non-hydrogen) atoms. The second kappa shape index (κ2) is 6.73. The fraction of sp³-hybridized carbons (Fsp3) is 0.529. The lowest BCUT2D eigenvalue weighted by Crippen LogP contribution is -2.50. The minimum Gasteiger partial charge on any atom is -0.336 e. The molecule has 4 nitrogen and oxygen atoms in total. The standard InChI is InChI=1S/C17H22ClN3OS/c1-10-5-4-6-11(2)21(10)16(22)12(3)23-17-19-14-8-7-13(18)9-15(14)20-17/h7-12H,4-6H2,1-3H3,(H,19,20)/t10-,11-,12-/m1/s1. The molecular weight excluding hydrogens is 330 g/mol. The van der Waals surface area contributed by atoms with Crippen LogP contribution in [0.1, 0.15) is 40.0 Å². The fourth-order valence-electron chi connectivity index (χ4n) is 3.30. The second-order valence-electron chi connectivity index (χ2n) is 6.34. The Balaban J connectivity index is 1.74. The van der Waals surface area contributed by atoms with Crippen LogP contribution in [0.25, 0.3) is 11.0 Å². The van der Waals surface area contributed by atoms with Crippen LogP contribution in [0.3, 0.4) is 0 Å². The summed E-state index contributed by atoms with van der Waals surface area (Å²) in [6, 6.07) is 6.21.